The largest absolute Gasteiger partial charge is 0.493 e. The molecule has 26 heavy (non-hydrogen) atoms. The van der Waals surface area contributed by atoms with Crippen LogP contribution in [0.1, 0.15) is 34.4 Å². The molecule has 2 N–H and O–H groups in total. The van der Waals surface area contributed by atoms with Crippen molar-refractivity contribution >= 4 is 17.6 Å². The summed E-state index contributed by atoms with van der Waals surface area (Å²) in [5.41, 5.74) is 4.13. The molecule has 0 saturated heterocycles. The van der Waals surface area contributed by atoms with E-state index in [4.69, 9.17) is 19.0 Å². The summed E-state index contributed by atoms with van der Waals surface area (Å²) in [6.45, 7) is 4.72. The van der Waals surface area contributed by atoms with E-state index in [0.717, 1.165) is 0 Å². The maximum Gasteiger partial charge on any atom is 0.341 e. The zero-order chi connectivity index (χ0) is 19.3. The molecule has 0 bridgehead atoms. The Morgan fingerprint density at radius 2 is 1.96 bits per heavy atom. The Morgan fingerprint density at radius 3 is 2.54 bits per heavy atom. The van der Waals surface area contributed by atoms with Crippen LogP contribution in [-0.2, 0) is 4.79 Å². The second-order valence-electron chi connectivity index (χ2n) is 5.51. The molecule has 1 aromatic heterocycles. The van der Waals surface area contributed by atoms with Crippen LogP contribution in [0.2, 0.25) is 0 Å². The number of methoxy groups -OCH3 is 1. The van der Waals surface area contributed by atoms with Crippen LogP contribution in [0.4, 0.5) is 0 Å². The Morgan fingerprint density at radius 1 is 1.23 bits per heavy atom. The van der Waals surface area contributed by atoms with E-state index in [2.05, 4.69) is 10.5 Å². The highest BCUT2D eigenvalue weighted by Gasteiger charge is 2.13. The summed E-state index contributed by atoms with van der Waals surface area (Å²) >= 11 is 0. The molecular weight excluding hydrogens is 340 g/mol. The highest BCUT2D eigenvalue weighted by atomic mass is 16.5. The van der Waals surface area contributed by atoms with Gasteiger partial charge in [0, 0.05) is 5.56 Å². The summed E-state index contributed by atoms with van der Waals surface area (Å²) in [6.07, 6.45) is 0. The van der Waals surface area contributed by atoms with Crippen LogP contribution in [0.5, 0.6) is 11.5 Å². The summed E-state index contributed by atoms with van der Waals surface area (Å²) in [5, 5.41) is 12.8. The number of amides is 1. The molecular formula is C18H20N2O6. The van der Waals surface area contributed by atoms with Gasteiger partial charge in [0.2, 0.25) is 0 Å². The third kappa shape index (κ3) is 4.62. The van der Waals surface area contributed by atoms with Gasteiger partial charge in [0.15, 0.2) is 18.1 Å². The number of nitrogens with zero attached hydrogens (tertiary/aromatic N) is 1. The van der Waals surface area contributed by atoms with E-state index in [9.17, 15) is 9.59 Å². The topological polar surface area (TPSA) is 110 Å². The van der Waals surface area contributed by atoms with E-state index in [1.165, 1.54) is 7.11 Å². The molecule has 2 aromatic rings. The number of carbonyl (C=O) groups is 2. The first-order valence-electron chi connectivity index (χ1n) is 7.76. The summed E-state index contributed by atoms with van der Waals surface area (Å²) in [5.74, 6) is 0.392. The normalized spacial score (nSPS) is 11.2. The summed E-state index contributed by atoms with van der Waals surface area (Å²) in [4.78, 5) is 22.8. The predicted molar refractivity (Wildman–Crippen MR) is 94.0 cm³/mol. The number of hydrazone groups is 1. The zero-order valence-corrected chi connectivity index (χ0v) is 15.0. The molecule has 8 heteroatoms. The lowest BCUT2D eigenvalue weighted by Crippen LogP contribution is -2.19. The second kappa shape index (κ2) is 8.19. The first-order chi connectivity index (χ1) is 12.3. The molecule has 1 heterocycles. The van der Waals surface area contributed by atoms with Crippen molar-refractivity contribution in [2.75, 3.05) is 13.7 Å². The lowest BCUT2D eigenvalue weighted by Gasteiger charge is -2.11. The SMILES string of the molecule is COc1cc(/C(C)=N\NC(=O)c2cc(C)oc2C)ccc1OCC(=O)O. The van der Waals surface area contributed by atoms with Gasteiger partial charge in [-0.3, -0.25) is 4.79 Å². The number of furan rings is 1. The Labute approximate surface area is 150 Å². The van der Waals surface area contributed by atoms with Gasteiger partial charge in [0.05, 0.1) is 18.4 Å². The minimum atomic E-state index is -1.08. The molecule has 0 atom stereocenters. The molecule has 0 spiro atoms. The van der Waals surface area contributed by atoms with Crippen molar-refractivity contribution in [2.24, 2.45) is 5.10 Å². The van der Waals surface area contributed by atoms with Gasteiger partial charge in [-0.15, -0.1) is 0 Å². The maximum atomic E-state index is 12.2. The van der Waals surface area contributed by atoms with Gasteiger partial charge in [0.1, 0.15) is 11.5 Å². The third-order valence-corrected chi connectivity index (χ3v) is 3.54. The van der Waals surface area contributed by atoms with Gasteiger partial charge < -0.3 is 19.0 Å². The van der Waals surface area contributed by atoms with Crippen molar-refractivity contribution in [2.45, 2.75) is 20.8 Å². The fourth-order valence-electron chi connectivity index (χ4n) is 2.27. The molecule has 0 aliphatic heterocycles. The summed E-state index contributed by atoms with van der Waals surface area (Å²) in [7, 11) is 1.45. The molecule has 0 fully saturated rings. The van der Waals surface area contributed by atoms with E-state index >= 15 is 0 Å². The first kappa shape index (κ1) is 19.0. The minimum Gasteiger partial charge on any atom is -0.493 e. The Hall–Kier alpha value is -3.29. The summed E-state index contributed by atoms with van der Waals surface area (Å²) in [6, 6.07) is 6.57. The molecule has 1 aromatic carbocycles. The van der Waals surface area contributed by atoms with Crippen LogP contribution in [0, 0.1) is 13.8 Å². The molecule has 2 rings (SSSR count). The van der Waals surface area contributed by atoms with Crippen LogP contribution in [0.3, 0.4) is 0 Å². The number of carboxylic acids is 1. The van der Waals surface area contributed by atoms with Crippen molar-refractivity contribution < 1.29 is 28.6 Å². The molecule has 0 aliphatic carbocycles. The highest BCUT2D eigenvalue weighted by molar-refractivity contribution is 6.01. The molecule has 0 aliphatic rings. The van der Waals surface area contributed by atoms with Gasteiger partial charge in [-0.25, -0.2) is 10.2 Å². The molecule has 138 valence electrons. The first-order valence-corrected chi connectivity index (χ1v) is 7.76. The smallest absolute Gasteiger partial charge is 0.341 e. The average Bonchev–Trinajstić information content (AvgIpc) is 2.95. The van der Waals surface area contributed by atoms with Crippen LogP contribution < -0.4 is 14.9 Å². The third-order valence-electron chi connectivity index (χ3n) is 3.54. The van der Waals surface area contributed by atoms with Gasteiger partial charge in [-0.1, -0.05) is 0 Å². The Balaban J connectivity index is 2.14. The molecule has 0 unspecified atom stereocenters. The monoisotopic (exact) mass is 360 g/mol. The number of carbonyl (C=O) groups excluding carboxylic acids is 1. The van der Waals surface area contributed by atoms with E-state index < -0.39 is 12.6 Å². The van der Waals surface area contributed by atoms with Crippen molar-refractivity contribution in [3.63, 3.8) is 0 Å². The number of hydrogen-bond acceptors (Lipinski definition) is 6. The molecule has 1 amide bonds. The lowest BCUT2D eigenvalue weighted by molar-refractivity contribution is -0.139. The average molecular weight is 360 g/mol. The van der Waals surface area contributed by atoms with Gasteiger partial charge in [0.25, 0.3) is 5.91 Å². The zero-order valence-electron chi connectivity index (χ0n) is 15.0. The van der Waals surface area contributed by atoms with Crippen molar-refractivity contribution in [3.05, 3.63) is 46.9 Å². The summed E-state index contributed by atoms with van der Waals surface area (Å²) < 4.78 is 15.7. The van der Waals surface area contributed by atoms with Crippen LogP contribution >= 0.6 is 0 Å². The maximum absolute atomic E-state index is 12.2. The quantitative estimate of drug-likeness (QED) is 0.580. The standard InChI is InChI=1S/C18H20N2O6/c1-10-7-14(12(3)26-10)18(23)20-19-11(2)13-5-6-15(16(8-13)24-4)25-9-17(21)22/h5-8H,9H2,1-4H3,(H,20,23)(H,21,22)/b19-11-. The fourth-order valence-corrected chi connectivity index (χ4v) is 2.27. The molecule has 8 nitrogen and oxygen atoms in total. The highest BCUT2D eigenvalue weighted by Crippen LogP contribution is 2.28. The van der Waals surface area contributed by atoms with Crippen molar-refractivity contribution in [3.8, 4) is 11.5 Å². The van der Waals surface area contributed by atoms with Gasteiger partial charge >= 0.3 is 5.97 Å². The number of carboxylic acid groups (broad SMARTS) is 1. The Kier molecular flexibility index (Phi) is 6.00. The van der Waals surface area contributed by atoms with Crippen LogP contribution in [0.15, 0.2) is 33.8 Å². The Bertz CT molecular complexity index is 853. The van der Waals surface area contributed by atoms with Crippen molar-refractivity contribution in [1.82, 2.24) is 5.43 Å². The number of aryl methyl sites for hydroxylation is 2. The number of nitrogens with one attached hydrogen (secondary N) is 1. The predicted octanol–water partition coefficient (Wildman–Crippen LogP) is 2.52. The molecule has 0 saturated carbocycles. The van der Waals surface area contributed by atoms with Gasteiger partial charge in [-0.2, -0.15) is 5.10 Å². The van der Waals surface area contributed by atoms with E-state index in [0.29, 0.717) is 39.9 Å². The van der Waals surface area contributed by atoms with Crippen LogP contribution in [-0.4, -0.2) is 36.4 Å². The van der Waals surface area contributed by atoms with Crippen LogP contribution in [0.25, 0.3) is 0 Å². The number of aliphatic carboxylic acids is 1. The number of hydrogen-bond donors (Lipinski definition) is 2. The fraction of sp³-hybridized carbons (Fsp3) is 0.278. The van der Waals surface area contributed by atoms with Gasteiger partial charge in [-0.05, 0) is 45.0 Å². The lowest BCUT2D eigenvalue weighted by atomic mass is 10.1. The van der Waals surface area contributed by atoms with E-state index in [-0.39, 0.29) is 5.91 Å². The number of rotatable bonds is 7. The second-order valence-corrected chi connectivity index (χ2v) is 5.51. The van der Waals surface area contributed by atoms with E-state index in [1.807, 2.05) is 0 Å². The van der Waals surface area contributed by atoms with Crippen molar-refractivity contribution in [1.29, 1.82) is 0 Å². The number of benzene rings is 1. The number of ether oxygens (including phenoxy) is 2. The minimum absolute atomic E-state index is 0.306. The molecule has 0 radical (unpaired) electrons. The van der Waals surface area contributed by atoms with E-state index in [1.54, 1.807) is 45.0 Å².